The molecule has 0 saturated carbocycles. The molecule has 0 bridgehead atoms. The first-order chi connectivity index (χ1) is 5.20. The summed E-state index contributed by atoms with van der Waals surface area (Å²) in [7, 11) is 0. The Morgan fingerprint density at radius 2 is 1.91 bits per heavy atom. The van der Waals surface area contributed by atoms with E-state index in [1.165, 1.54) is 0 Å². The molecular formula is C7H8BrCl2N. The van der Waals surface area contributed by atoms with E-state index in [1.54, 1.807) is 0 Å². The van der Waals surface area contributed by atoms with E-state index in [9.17, 15) is 0 Å². The fourth-order valence-corrected chi connectivity index (χ4v) is 0.924. The summed E-state index contributed by atoms with van der Waals surface area (Å²) in [5, 5.41) is 0.194. The summed E-state index contributed by atoms with van der Waals surface area (Å²) in [5.74, 6) is 0. The number of hydrogen-bond acceptors (Lipinski definition) is 1. The molecule has 0 aromatic heterocycles. The molecule has 0 fully saturated rings. The van der Waals surface area contributed by atoms with Crippen molar-refractivity contribution in [2.24, 2.45) is 0 Å². The highest BCUT2D eigenvalue weighted by atomic mass is 79.9. The van der Waals surface area contributed by atoms with Gasteiger partial charge in [-0.15, -0.1) is 23.2 Å². The smallest absolute Gasteiger partial charge is 0.0967 e. The van der Waals surface area contributed by atoms with Crippen molar-refractivity contribution in [2.75, 3.05) is 11.1 Å². The van der Waals surface area contributed by atoms with Crippen LogP contribution in [0.4, 0.5) is 5.69 Å². The second-order valence-electron chi connectivity index (χ2n) is 1.66. The summed E-state index contributed by atoms with van der Waals surface area (Å²) >= 11 is 12.8. The van der Waals surface area contributed by atoms with E-state index in [4.69, 9.17) is 28.9 Å². The average molecular weight is 257 g/mol. The lowest BCUT2D eigenvalue weighted by atomic mass is 10.3. The first-order valence-electron chi connectivity index (χ1n) is 2.83. The van der Waals surface area contributed by atoms with Crippen molar-refractivity contribution in [3.8, 4) is 0 Å². The zero-order valence-electron chi connectivity index (χ0n) is 5.73. The van der Waals surface area contributed by atoms with E-state index >= 15 is 0 Å². The Hall–Kier alpha value is 0.0800. The van der Waals surface area contributed by atoms with E-state index in [2.05, 4.69) is 15.9 Å². The highest BCUT2D eigenvalue weighted by molar-refractivity contribution is 9.10. The van der Waals surface area contributed by atoms with E-state index < -0.39 is 0 Å². The van der Waals surface area contributed by atoms with Gasteiger partial charge in [0.05, 0.1) is 5.34 Å². The maximum atomic E-state index is 5.43. The average Bonchev–Trinajstić information content (AvgIpc) is 1.88. The largest absolute Gasteiger partial charge is 0.399 e. The van der Waals surface area contributed by atoms with Crippen LogP contribution in [-0.2, 0) is 0 Å². The molecule has 1 rings (SSSR count). The molecule has 4 heteroatoms. The van der Waals surface area contributed by atoms with Crippen molar-refractivity contribution in [3.63, 3.8) is 0 Å². The van der Waals surface area contributed by atoms with Gasteiger partial charge in [-0.05, 0) is 18.2 Å². The minimum absolute atomic E-state index is 0.194. The fraction of sp³-hybridized carbons (Fsp3) is 0.143. The predicted molar refractivity (Wildman–Crippen MR) is 55.1 cm³/mol. The van der Waals surface area contributed by atoms with Crippen molar-refractivity contribution in [2.45, 2.75) is 0 Å². The normalized spacial score (nSPS) is 8.27. The SMILES string of the molecule is ClCCl.Nc1cccc(Br)c1. The van der Waals surface area contributed by atoms with E-state index in [-0.39, 0.29) is 5.34 Å². The van der Waals surface area contributed by atoms with Crippen LogP contribution in [0.25, 0.3) is 0 Å². The van der Waals surface area contributed by atoms with Gasteiger partial charge in [0.1, 0.15) is 0 Å². The van der Waals surface area contributed by atoms with Crippen molar-refractivity contribution in [3.05, 3.63) is 28.7 Å². The molecule has 1 aromatic carbocycles. The van der Waals surface area contributed by atoms with E-state index in [0.29, 0.717) is 0 Å². The summed E-state index contributed by atoms with van der Waals surface area (Å²) in [6.45, 7) is 0. The molecule has 0 heterocycles. The number of alkyl halides is 2. The summed E-state index contributed by atoms with van der Waals surface area (Å²) in [5.41, 5.74) is 6.22. The van der Waals surface area contributed by atoms with Gasteiger partial charge in [0.25, 0.3) is 0 Å². The molecule has 11 heavy (non-hydrogen) atoms. The summed E-state index contributed by atoms with van der Waals surface area (Å²) in [6.07, 6.45) is 0. The van der Waals surface area contributed by atoms with Gasteiger partial charge in [-0.1, -0.05) is 22.0 Å². The van der Waals surface area contributed by atoms with Crippen molar-refractivity contribution in [1.29, 1.82) is 0 Å². The lowest BCUT2D eigenvalue weighted by molar-refractivity contribution is 1.64. The van der Waals surface area contributed by atoms with Gasteiger partial charge in [0.15, 0.2) is 0 Å². The maximum absolute atomic E-state index is 5.43. The van der Waals surface area contributed by atoms with Crippen LogP contribution in [0.3, 0.4) is 0 Å². The second kappa shape index (κ2) is 6.77. The lowest BCUT2D eigenvalue weighted by Gasteiger charge is -1.89. The minimum Gasteiger partial charge on any atom is -0.399 e. The standard InChI is InChI=1S/C6H6BrN.CH2Cl2/c7-5-2-1-3-6(8)4-5;2-1-3/h1-4H,8H2;1H2. The molecule has 2 N–H and O–H groups in total. The summed E-state index contributed by atoms with van der Waals surface area (Å²) < 4.78 is 1.03. The molecule has 0 saturated heterocycles. The molecule has 0 aliphatic rings. The van der Waals surface area contributed by atoms with Crippen LogP contribution in [0.5, 0.6) is 0 Å². The van der Waals surface area contributed by atoms with Crippen LogP contribution in [0.1, 0.15) is 0 Å². The first-order valence-corrected chi connectivity index (χ1v) is 4.70. The number of nitrogens with two attached hydrogens (primary N) is 1. The van der Waals surface area contributed by atoms with Gasteiger partial charge in [-0.25, -0.2) is 0 Å². The van der Waals surface area contributed by atoms with Gasteiger partial charge in [-0.3, -0.25) is 0 Å². The van der Waals surface area contributed by atoms with Crippen molar-refractivity contribution >= 4 is 44.8 Å². The predicted octanol–water partition coefficient (Wildman–Crippen LogP) is 3.45. The topological polar surface area (TPSA) is 26.0 Å². The van der Waals surface area contributed by atoms with Crippen molar-refractivity contribution in [1.82, 2.24) is 0 Å². The summed E-state index contributed by atoms with van der Waals surface area (Å²) in [4.78, 5) is 0. The maximum Gasteiger partial charge on any atom is 0.0967 e. The van der Waals surface area contributed by atoms with Crippen LogP contribution in [0.2, 0.25) is 0 Å². The lowest BCUT2D eigenvalue weighted by Crippen LogP contribution is -1.80. The number of anilines is 1. The van der Waals surface area contributed by atoms with E-state index in [1.807, 2.05) is 24.3 Å². The molecule has 0 unspecified atom stereocenters. The number of nitrogen functional groups attached to an aromatic ring is 1. The Morgan fingerprint density at radius 3 is 2.18 bits per heavy atom. The number of hydrogen-bond donors (Lipinski definition) is 1. The van der Waals surface area contributed by atoms with E-state index in [0.717, 1.165) is 10.2 Å². The van der Waals surface area contributed by atoms with Gasteiger partial charge in [-0.2, -0.15) is 0 Å². The quantitative estimate of drug-likeness (QED) is 0.559. The van der Waals surface area contributed by atoms with Crippen LogP contribution in [-0.4, -0.2) is 5.34 Å². The van der Waals surface area contributed by atoms with Gasteiger partial charge in [0.2, 0.25) is 0 Å². The number of halogens is 3. The third-order valence-electron chi connectivity index (χ3n) is 0.849. The highest BCUT2D eigenvalue weighted by Crippen LogP contribution is 2.11. The number of benzene rings is 1. The molecule has 1 nitrogen and oxygen atoms in total. The van der Waals surface area contributed by atoms with Crippen LogP contribution >= 0.6 is 39.1 Å². The molecular weight excluding hydrogens is 249 g/mol. The van der Waals surface area contributed by atoms with Crippen LogP contribution < -0.4 is 5.73 Å². The number of rotatable bonds is 0. The summed E-state index contributed by atoms with van der Waals surface area (Å²) in [6, 6.07) is 7.56. The Bertz CT molecular complexity index is 188. The third-order valence-corrected chi connectivity index (χ3v) is 1.34. The molecule has 1 aromatic rings. The molecule has 0 amide bonds. The van der Waals surface area contributed by atoms with Crippen LogP contribution in [0.15, 0.2) is 28.7 Å². The Balaban J connectivity index is 0.000000292. The van der Waals surface area contributed by atoms with Gasteiger partial charge in [0, 0.05) is 10.2 Å². The van der Waals surface area contributed by atoms with Crippen LogP contribution in [0, 0.1) is 0 Å². The second-order valence-corrected chi connectivity index (χ2v) is 3.38. The molecule has 0 spiro atoms. The molecule has 0 atom stereocenters. The monoisotopic (exact) mass is 255 g/mol. The fourth-order valence-electron chi connectivity index (χ4n) is 0.507. The Morgan fingerprint density at radius 1 is 1.36 bits per heavy atom. The Kier molecular flexibility index (Phi) is 6.82. The van der Waals surface area contributed by atoms with Gasteiger partial charge >= 0.3 is 0 Å². The molecule has 0 aliphatic heterocycles. The molecule has 0 aliphatic carbocycles. The molecule has 0 radical (unpaired) electrons. The zero-order chi connectivity index (χ0) is 8.69. The Labute approximate surface area is 84.6 Å². The van der Waals surface area contributed by atoms with Gasteiger partial charge < -0.3 is 5.73 Å². The third kappa shape index (κ3) is 6.48. The minimum atomic E-state index is 0.194. The molecule has 62 valence electrons. The first kappa shape index (κ1) is 11.1. The highest BCUT2D eigenvalue weighted by Gasteiger charge is 1.82. The van der Waals surface area contributed by atoms with Crippen molar-refractivity contribution < 1.29 is 0 Å². The zero-order valence-corrected chi connectivity index (χ0v) is 8.83.